The van der Waals surface area contributed by atoms with E-state index in [9.17, 15) is 9.59 Å². The van der Waals surface area contributed by atoms with Gasteiger partial charge in [0.05, 0.1) is 5.92 Å². The second-order valence-electron chi connectivity index (χ2n) is 7.89. The number of hydrogen-bond acceptors (Lipinski definition) is 3. The Hall–Kier alpha value is -1.30. The van der Waals surface area contributed by atoms with Gasteiger partial charge in [0.15, 0.2) is 0 Å². The Balaban J connectivity index is 1.54. The van der Waals surface area contributed by atoms with Crippen molar-refractivity contribution in [2.75, 3.05) is 26.2 Å². The molecule has 3 N–H and O–H groups in total. The lowest BCUT2D eigenvalue weighted by atomic mass is 9.96. The zero-order chi connectivity index (χ0) is 17.1. The molecule has 3 aliphatic rings. The normalized spacial score (nSPS) is 31.5. The first kappa shape index (κ1) is 17.5. The van der Waals surface area contributed by atoms with E-state index >= 15 is 0 Å². The van der Waals surface area contributed by atoms with Crippen LogP contribution in [0.2, 0.25) is 0 Å². The Morgan fingerprint density at radius 3 is 2.54 bits per heavy atom. The molecule has 3 rings (SSSR count). The molecule has 2 heterocycles. The first-order valence-electron chi connectivity index (χ1n) is 9.64. The van der Waals surface area contributed by atoms with E-state index in [1.807, 2.05) is 9.80 Å². The second kappa shape index (κ2) is 7.72. The van der Waals surface area contributed by atoms with E-state index in [1.165, 1.54) is 12.8 Å². The first-order valence-corrected chi connectivity index (χ1v) is 9.64. The average molecular weight is 336 g/mol. The lowest BCUT2D eigenvalue weighted by molar-refractivity contribution is -0.137. The Morgan fingerprint density at radius 1 is 1.12 bits per heavy atom. The van der Waals surface area contributed by atoms with E-state index in [4.69, 9.17) is 5.73 Å². The van der Waals surface area contributed by atoms with Gasteiger partial charge in [-0.25, -0.2) is 4.79 Å². The number of carbonyl (C=O) groups is 2. The van der Waals surface area contributed by atoms with Crippen LogP contribution < -0.4 is 11.1 Å². The molecular formula is C18H32N4O2. The van der Waals surface area contributed by atoms with Gasteiger partial charge in [-0.3, -0.25) is 4.79 Å². The maximum absolute atomic E-state index is 12.9. The summed E-state index contributed by atoms with van der Waals surface area (Å²) in [7, 11) is 0. The average Bonchev–Trinajstić information content (AvgIpc) is 3.23. The number of amides is 3. The van der Waals surface area contributed by atoms with Crippen molar-refractivity contribution in [3.8, 4) is 0 Å². The lowest BCUT2D eigenvalue weighted by Gasteiger charge is -2.35. The van der Waals surface area contributed by atoms with Crippen molar-refractivity contribution < 1.29 is 9.59 Å². The number of nitrogens with one attached hydrogen (secondary N) is 1. The maximum atomic E-state index is 12.9. The Morgan fingerprint density at radius 2 is 1.88 bits per heavy atom. The van der Waals surface area contributed by atoms with Crippen LogP contribution in [0.4, 0.5) is 4.79 Å². The van der Waals surface area contributed by atoms with Gasteiger partial charge in [-0.05, 0) is 51.5 Å². The molecule has 6 nitrogen and oxygen atoms in total. The van der Waals surface area contributed by atoms with Gasteiger partial charge in [0.2, 0.25) is 5.91 Å². The number of hydrogen-bond donors (Lipinski definition) is 2. The highest BCUT2D eigenvalue weighted by molar-refractivity contribution is 5.81. The number of piperidine rings is 1. The number of urea groups is 1. The summed E-state index contributed by atoms with van der Waals surface area (Å²) < 4.78 is 0. The predicted molar refractivity (Wildman–Crippen MR) is 93.4 cm³/mol. The molecule has 2 saturated heterocycles. The van der Waals surface area contributed by atoms with Crippen LogP contribution in [0.25, 0.3) is 0 Å². The summed E-state index contributed by atoms with van der Waals surface area (Å²) in [4.78, 5) is 29.2. The molecule has 2 aliphatic heterocycles. The minimum absolute atomic E-state index is 0.0219. The standard InChI is InChI=1S/C18H32N4O2/c1-13-9-14(10-19)11-22(13)17(23)15-5-4-8-21(12-15)18(24)20-16-6-2-3-7-16/h13-16H,2-12,19H2,1H3,(H,20,24). The fourth-order valence-electron chi connectivity index (χ4n) is 4.55. The first-order chi connectivity index (χ1) is 11.6. The second-order valence-corrected chi connectivity index (χ2v) is 7.89. The number of rotatable bonds is 3. The van der Waals surface area contributed by atoms with Crippen molar-refractivity contribution in [1.82, 2.24) is 15.1 Å². The van der Waals surface area contributed by atoms with Crippen LogP contribution >= 0.6 is 0 Å². The van der Waals surface area contributed by atoms with Crippen LogP contribution in [0.15, 0.2) is 0 Å². The largest absolute Gasteiger partial charge is 0.339 e. The van der Waals surface area contributed by atoms with Crippen LogP contribution in [0.3, 0.4) is 0 Å². The van der Waals surface area contributed by atoms with Crippen LogP contribution in [0.1, 0.15) is 51.9 Å². The highest BCUT2D eigenvalue weighted by atomic mass is 16.2. The van der Waals surface area contributed by atoms with Crippen molar-refractivity contribution in [3.63, 3.8) is 0 Å². The summed E-state index contributed by atoms with van der Waals surface area (Å²) in [6.07, 6.45) is 7.41. The predicted octanol–water partition coefficient (Wildman–Crippen LogP) is 1.55. The van der Waals surface area contributed by atoms with Gasteiger partial charge in [-0.2, -0.15) is 0 Å². The van der Waals surface area contributed by atoms with Crippen molar-refractivity contribution in [2.24, 2.45) is 17.6 Å². The van der Waals surface area contributed by atoms with Gasteiger partial charge in [-0.1, -0.05) is 12.8 Å². The molecule has 1 saturated carbocycles. The molecule has 3 amide bonds. The van der Waals surface area contributed by atoms with Gasteiger partial charge in [-0.15, -0.1) is 0 Å². The number of likely N-dealkylation sites (tertiary alicyclic amines) is 2. The van der Waals surface area contributed by atoms with E-state index in [1.54, 1.807) is 0 Å². The highest BCUT2D eigenvalue weighted by Gasteiger charge is 2.37. The summed E-state index contributed by atoms with van der Waals surface area (Å²) in [5, 5.41) is 3.15. The van der Waals surface area contributed by atoms with Crippen LogP contribution in [0, 0.1) is 11.8 Å². The van der Waals surface area contributed by atoms with Crippen molar-refractivity contribution >= 4 is 11.9 Å². The Kier molecular flexibility index (Phi) is 5.64. The highest BCUT2D eigenvalue weighted by Crippen LogP contribution is 2.27. The molecule has 0 aromatic heterocycles. The molecule has 6 heteroatoms. The molecule has 0 spiro atoms. The third-order valence-corrected chi connectivity index (χ3v) is 6.02. The molecule has 0 aromatic rings. The van der Waals surface area contributed by atoms with Gasteiger partial charge < -0.3 is 20.9 Å². The van der Waals surface area contributed by atoms with Crippen LogP contribution in [0.5, 0.6) is 0 Å². The monoisotopic (exact) mass is 336 g/mol. The van der Waals surface area contributed by atoms with Crippen molar-refractivity contribution in [3.05, 3.63) is 0 Å². The summed E-state index contributed by atoms with van der Waals surface area (Å²) >= 11 is 0. The van der Waals surface area contributed by atoms with Gasteiger partial charge in [0, 0.05) is 31.7 Å². The molecular weight excluding hydrogens is 304 g/mol. The molecule has 3 unspecified atom stereocenters. The van der Waals surface area contributed by atoms with Gasteiger partial charge >= 0.3 is 6.03 Å². The molecule has 24 heavy (non-hydrogen) atoms. The summed E-state index contributed by atoms with van der Waals surface area (Å²) in [6, 6.07) is 0.625. The molecule has 3 atom stereocenters. The summed E-state index contributed by atoms with van der Waals surface area (Å²) in [5.41, 5.74) is 5.78. The summed E-state index contributed by atoms with van der Waals surface area (Å²) in [6.45, 7) is 4.87. The van der Waals surface area contributed by atoms with E-state index in [-0.39, 0.29) is 23.9 Å². The quantitative estimate of drug-likeness (QED) is 0.821. The number of carbonyl (C=O) groups excluding carboxylic acids is 2. The minimum Gasteiger partial charge on any atom is -0.339 e. The maximum Gasteiger partial charge on any atom is 0.317 e. The van der Waals surface area contributed by atoms with Crippen molar-refractivity contribution in [2.45, 2.75) is 64.0 Å². The Bertz CT molecular complexity index is 464. The van der Waals surface area contributed by atoms with E-state index < -0.39 is 0 Å². The molecule has 0 aromatic carbocycles. The van der Waals surface area contributed by atoms with Gasteiger partial charge in [0.1, 0.15) is 0 Å². The number of nitrogens with two attached hydrogens (primary N) is 1. The van der Waals surface area contributed by atoms with Crippen LogP contribution in [-0.2, 0) is 4.79 Å². The lowest BCUT2D eigenvalue weighted by Crippen LogP contribution is -2.51. The van der Waals surface area contributed by atoms with Crippen molar-refractivity contribution in [1.29, 1.82) is 0 Å². The van der Waals surface area contributed by atoms with Crippen LogP contribution in [-0.4, -0.2) is 60.0 Å². The molecule has 1 aliphatic carbocycles. The SMILES string of the molecule is CC1CC(CN)CN1C(=O)C1CCCN(C(=O)NC2CCCC2)C1. The third kappa shape index (κ3) is 3.85. The smallest absolute Gasteiger partial charge is 0.317 e. The van der Waals surface area contributed by atoms with E-state index in [0.29, 0.717) is 25.0 Å². The minimum atomic E-state index is -0.0490. The zero-order valence-corrected chi connectivity index (χ0v) is 14.9. The number of nitrogens with zero attached hydrogens (tertiary/aromatic N) is 2. The third-order valence-electron chi connectivity index (χ3n) is 6.02. The molecule has 3 fully saturated rings. The Labute approximate surface area is 145 Å². The molecule has 136 valence electrons. The van der Waals surface area contributed by atoms with Gasteiger partial charge in [0.25, 0.3) is 0 Å². The van der Waals surface area contributed by atoms with E-state index in [2.05, 4.69) is 12.2 Å². The molecule has 0 bridgehead atoms. The van der Waals surface area contributed by atoms with E-state index in [0.717, 1.165) is 45.2 Å². The fraction of sp³-hybridized carbons (Fsp3) is 0.889. The molecule has 0 radical (unpaired) electrons. The zero-order valence-electron chi connectivity index (χ0n) is 14.9. The summed E-state index contributed by atoms with van der Waals surface area (Å²) in [5.74, 6) is 0.596. The fourth-order valence-corrected chi connectivity index (χ4v) is 4.55. The topological polar surface area (TPSA) is 78.7 Å².